The smallest absolute Gasteiger partial charge is 0.113 e. The lowest BCUT2D eigenvalue weighted by Crippen LogP contribution is -2.55. The first-order valence-electron chi connectivity index (χ1n) is 11.5. The first-order chi connectivity index (χ1) is 16.8. The van der Waals surface area contributed by atoms with Crippen LogP contribution in [0.4, 0.5) is 0 Å². The first kappa shape index (κ1) is 26.1. The molecule has 192 valence electrons. The van der Waals surface area contributed by atoms with Crippen LogP contribution in [0.15, 0.2) is 48.5 Å². The molecule has 2 aromatic carbocycles. The maximum atomic E-state index is 10.5. The third kappa shape index (κ3) is 5.13. The number of ether oxygens (including phenoxy) is 3. The highest BCUT2D eigenvalue weighted by Gasteiger charge is 2.45. The summed E-state index contributed by atoms with van der Waals surface area (Å²) in [5, 5.41) is 70.8. The molecule has 7 N–H and O–H groups in total. The van der Waals surface area contributed by atoms with Gasteiger partial charge in [-0.05, 0) is 28.3 Å². The summed E-state index contributed by atoms with van der Waals surface area (Å²) in [6.45, 7) is -0.446. The van der Waals surface area contributed by atoms with Gasteiger partial charge in [0, 0.05) is 7.11 Å². The van der Waals surface area contributed by atoms with Crippen molar-refractivity contribution in [2.24, 2.45) is 0 Å². The van der Waals surface area contributed by atoms with Crippen LogP contribution in [0.1, 0.15) is 23.3 Å². The molecular weight excluding hydrogens is 460 g/mol. The molecular formula is C25H32O10. The molecule has 0 spiro atoms. The molecule has 10 unspecified atom stereocenters. The second-order valence-corrected chi connectivity index (χ2v) is 9.02. The van der Waals surface area contributed by atoms with Crippen LogP contribution in [-0.4, -0.2) is 105 Å². The first-order valence-corrected chi connectivity index (χ1v) is 11.5. The predicted molar refractivity (Wildman–Crippen MR) is 122 cm³/mol. The Kier molecular flexibility index (Phi) is 8.19. The summed E-state index contributed by atoms with van der Waals surface area (Å²) in [6.07, 6.45) is -11.8. The normalized spacial score (nSPS) is 37.8. The van der Waals surface area contributed by atoms with E-state index in [4.69, 9.17) is 14.2 Å². The lowest BCUT2D eigenvalue weighted by molar-refractivity contribution is -0.233. The number of benzene rings is 2. The Balaban J connectivity index is 1.55. The Morgan fingerprint density at radius 2 is 1.23 bits per heavy atom. The van der Waals surface area contributed by atoms with E-state index in [2.05, 4.69) is 0 Å². The summed E-state index contributed by atoms with van der Waals surface area (Å²) in [5.74, 6) is 0. The van der Waals surface area contributed by atoms with Gasteiger partial charge in [0.1, 0.15) is 61.0 Å². The second kappa shape index (κ2) is 11.0. The second-order valence-electron chi connectivity index (χ2n) is 9.02. The Morgan fingerprint density at radius 3 is 1.83 bits per heavy atom. The van der Waals surface area contributed by atoms with Gasteiger partial charge >= 0.3 is 0 Å². The fourth-order valence-electron chi connectivity index (χ4n) is 4.67. The highest BCUT2D eigenvalue weighted by atomic mass is 16.6. The monoisotopic (exact) mass is 492 g/mol. The van der Waals surface area contributed by atoms with Gasteiger partial charge in [0.25, 0.3) is 0 Å². The summed E-state index contributed by atoms with van der Waals surface area (Å²) in [6, 6.07) is 14.2. The third-order valence-corrected chi connectivity index (χ3v) is 6.72. The molecule has 2 aliphatic heterocycles. The Hall–Kier alpha value is -1.96. The average molecular weight is 493 g/mol. The van der Waals surface area contributed by atoms with Crippen LogP contribution in [0.5, 0.6) is 0 Å². The molecule has 0 amide bonds. The van der Waals surface area contributed by atoms with Crippen molar-refractivity contribution < 1.29 is 50.0 Å². The standard InChI is InChI=1S/C25H32O10/c1-33-11-17-19(28)21(30)23(32)25(35-17)15-4-2-3-14(9-15)12-5-7-13(8-6-12)24-22(31)20(29)18(27)16(10-26)34-24/h2-9,16-32H,10-11H2,1H3. The van der Waals surface area contributed by atoms with E-state index in [1.165, 1.54) is 7.11 Å². The highest BCUT2D eigenvalue weighted by molar-refractivity contribution is 5.64. The molecule has 35 heavy (non-hydrogen) atoms. The average Bonchev–Trinajstić information content (AvgIpc) is 2.88. The zero-order valence-electron chi connectivity index (χ0n) is 19.2. The summed E-state index contributed by atoms with van der Waals surface area (Å²) >= 11 is 0. The minimum Gasteiger partial charge on any atom is -0.394 e. The van der Waals surface area contributed by atoms with Gasteiger partial charge in [-0.15, -0.1) is 0 Å². The number of aliphatic hydroxyl groups is 7. The van der Waals surface area contributed by atoms with E-state index < -0.39 is 67.6 Å². The van der Waals surface area contributed by atoms with Crippen molar-refractivity contribution in [3.63, 3.8) is 0 Å². The third-order valence-electron chi connectivity index (χ3n) is 6.72. The summed E-state index contributed by atoms with van der Waals surface area (Å²) in [7, 11) is 1.46. The van der Waals surface area contributed by atoms with Crippen LogP contribution in [0.3, 0.4) is 0 Å². The Bertz CT molecular complexity index is 967. The molecule has 4 rings (SSSR count). The van der Waals surface area contributed by atoms with E-state index in [0.717, 1.165) is 11.1 Å². The van der Waals surface area contributed by atoms with Gasteiger partial charge in [-0.2, -0.15) is 0 Å². The van der Waals surface area contributed by atoms with Crippen LogP contribution in [0.25, 0.3) is 11.1 Å². The fraction of sp³-hybridized carbons (Fsp3) is 0.520. The van der Waals surface area contributed by atoms with Crippen LogP contribution in [0.2, 0.25) is 0 Å². The van der Waals surface area contributed by atoms with Gasteiger partial charge in [0.15, 0.2) is 0 Å². The molecule has 0 bridgehead atoms. The molecule has 0 radical (unpaired) electrons. The van der Waals surface area contributed by atoms with E-state index in [9.17, 15) is 35.7 Å². The molecule has 2 aromatic rings. The number of methoxy groups -OCH3 is 1. The lowest BCUT2D eigenvalue weighted by Gasteiger charge is -2.40. The van der Waals surface area contributed by atoms with Gasteiger partial charge in [-0.25, -0.2) is 0 Å². The van der Waals surface area contributed by atoms with Crippen molar-refractivity contribution in [1.82, 2.24) is 0 Å². The van der Waals surface area contributed by atoms with Gasteiger partial charge in [-0.3, -0.25) is 0 Å². The van der Waals surface area contributed by atoms with Crippen LogP contribution >= 0.6 is 0 Å². The fourth-order valence-corrected chi connectivity index (χ4v) is 4.67. The molecule has 10 atom stereocenters. The van der Waals surface area contributed by atoms with E-state index in [0.29, 0.717) is 11.1 Å². The topological polar surface area (TPSA) is 169 Å². The Labute approximate surface area is 202 Å². The Morgan fingerprint density at radius 1 is 0.657 bits per heavy atom. The van der Waals surface area contributed by atoms with Crippen LogP contribution in [-0.2, 0) is 14.2 Å². The lowest BCUT2D eigenvalue weighted by atomic mass is 9.89. The molecule has 0 aromatic heterocycles. The summed E-state index contributed by atoms with van der Waals surface area (Å²) < 4.78 is 16.5. The molecule has 10 heteroatoms. The van der Waals surface area contributed by atoms with E-state index >= 15 is 0 Å². The van der Waals surface area contributed by atoms with E-state index in [-0.39, 0.29) is 6.61 Å². The summed E-state index contributed by atoms with van der Waals surface area (Å²) in [4.78, 5) is 0. The zero-order valence-corrected chi connectivity index (χ0v) is 19.2. The van der Waals surface area contributed by atoms with E-state index in [1.807, 2.05) is 12.1 Å². The van der Waals surface area contributed by atoms with Gasteiger partial charge < -0.3 is 50.0 Å². The minimum absolute atomic E-state index is 0.0561. The van der Waals surface area contributed by atoms with Crippen molar-refractivity contribution >= 4 is 0 Å². The number of hydrogen-bond donors (Lipinski definition) is 7. The maximum absolute atomic E-state index is 10.5. The minimum atomic E-state index is -1.46. The largest absolute Gasteiger partial charge is 0.394 e. The highest BCUT2D eigenvalue weighted by Crippen LogP contribution is 2.36. The van der Waals surface area contributed by atoms with Crippen molar-refractivity contribution in [2.75, 3.05) is 20.3 Å². The maximum Gasteiger partial charge on any atom is 0.113 e. The zero-order chi connectivity index (χ0) is 25.3. The van der Waals surface area contributed by atoms with Gasteiger partial charge in [0.2, 0.25) is 0 Å². The quantitative estimate of drug-likeness (QED) is 0.267. The van der Waals surface area contributed by atoms with Crippen LogP contribution in [0, 0.1) is 0 Å². The molecule has 0 aliphatic carbocycles. The molecule has 10 nitrogen and oxygen atoms in total. The molecule has 2 fully saturated rings. The van der Waals surface area contributed by atoms with Crippen molar-refractivity contribution in [3.8, 4) is 11.1 Å². The van der Waals surface area contributed by atoms with Crippen molar-refractivity contribution in [1.29, 1.82) is 0 Å². The molecule has 2 heterocycles. The van der Waals surface area contributed by atoms with E-state index in [1.54, 1.807) is 36.4 Å². The van der Waals surface area contributed by atoms with Gasteiger partial charge in [-0.1, -0.05) is 42.5 Å². The predicted octanol–water partition coefficient (Wildman–Crippen LogP) is -0.963. The number of hydrogen-bond acceptors (Lipinski definition) is 10. The van der Waals surface area contributed by atoms with Crippen LogP contribution < -0.4 is 0 Å². The number of rotatable bonds is 6. The summed E-state index contributed by atoms with van der Waals surface area (Å²) in [5.41, 5.74) is 2.77. The van der Waals surface area contributed by atoms with Crippen molar-refractivity contribution in [3.05, 3.63) is 59.7 Å². The molecule has 0 saturated carbocycles. The number of aliphatic hydroxyl groups excluding tert-OH is 7. The van der Waals surface area contributed by atoms with Crippen molar-refractivity contribution in [2.45, 2.75) is 61.0 Å². The molecule has 2 saturated heterocycles. The van der Waals surface area contributed by atoms with Gasteiger partial charge in [0.05, 0.1) is 13.2 Å². The molecule has 2 aliphatic rings. The SMILES string of the molecule is COCC1OC(c2cccc(-c3ccc(C4OC(CO)C(O)C(O)C4O)cc3)c2)C(O)C(O)C1O.